The third kappa shape index (κ3) is 4.41. The highest BCUT2D eigenvalue weighted by Gasteiger charge is 2.26. The molecule has 2 N–H and O–H groups in total. The molecule has 1 aromatic carbocycles. The predicted octanol–water partition coefficient (Wildman–Crippen LogP) is 4.56. The van der Waals surface area contributed by atoms with Crippen LogP contribution in [0.2, 0.25) is 0 Å². The van der Waals surface area contributed by atoms with Gasteiger partial charge in [-0.2, -0.15) is 0 Å². The summed E-state index contributed by atoms with van der Waals surface area (Å²) in [5.74, 6) is -0.344. The average Bonchev–Trinajstić information content (AvgIpc) is 3.56. The number of aliphatic carboxylic acids is 1. The van der Waals surface area contributed by atoms with Crippen molar-refractivity contribution in [1.82, 2.24) is 14.9 Å². The largest absolute Gasteiger partial charge is 0.481 e. The first-order valence-electron chi connectivity index (χ1n) is 11.2. The van der Waals surface area contributed by atoms with Gasteiger partial charge in [0.1, 0.15) is 12.0 Å². The van der Waals surface area contributed by atoms with Crippen molar-refractivity contribution in [2.75, 3.05) is 6.54 Å². The first kappa shape index (κ1) is 21.1. The number of carbonyl (C=O) groups excluding carboxylic acids is 1. The van der Waals surface area contributed by atoms with E-state index in [1.807, 2.05) is 41.0 Å². The van der Waals surface area contributed by atoms with Gasteiger partial charge in [0.25, 0.3) is 5.91 Å². The summed E-state index contributed by atoms with van der Waals surface area (Å²) >= 11 is 0. The zero-order valence-corrected chi connectivity index (χ0v) is 18.1. The van der Waals surface area contributed by atoms with Crippen molar-refractivity contribution >= 4 is 23.0 Å². The van der Waals surface area contributed by atoms with E-state index in [0.29, 0.717) is 54.7 Å². The molecule has 8 heteroatoms. The first-order chi connectivity index (χ1) is 16.1. The average molecular weight is 447 g/mol. The van der Waals surface area contributed by atoms with Crippen LogP contribution in [-0.4, -0.2) is 33.1 Å². The smallest absolute Gasteiger partial charge is 0.306 e. The molecule has 1 aliphatic carbocycles. The molecule has 33 heavy (non-hydrogen) atoms. The summed E-state index contributed by atoms with van der Waals surface area (Å²) < 4.78 is 13.1. The highest BCUT2D eigenvalue weighted by Crippen LogP contribution is 2.29. The van der Waals surface area contributed by atoms with Crippen LogP contribution >= 0.6 is 0 Å². The zero-order valence-electron chi connectivity index (χ0n) is 18.1. The number of rotatable bonds is 7. The van der Waals surface area contributed by atoms with E-state index in [9.17, 15) is 9.59 Å². The molecule has 0 atom stereocenters. The number of fused-ring (bicyclic) bond motifs is 1. The maximum atomic E-state index is 13.1. The molecule has 1 saturated carbocycles. The number of carboxylic acids is 1. The van der Waals surface area contributed by atoms with Gasteiger partial charge < -0.3 is 23.8 Å². The minimum Gasteiger partial charge on any atom is -0.481 e. The van der Waals surface area contributed by atoms with E-state index in [1.54, 1.807) is 18.6 Å². The van der Waals surface area contributed by atoms with Gasteiger partial charge >= 0.3 is 5.97 Å². The number of nitrogens with zero attached hydrogens (tertiary/aromatic N) is 2. The zero-order chi connectivity index (χ0) is 22.8. The van der Waals surface area contributed by atoms with Crippen molar-refractivity contribution in [2.24, 2.45) is 11.8 Å². The summed E-state index contributed by atoms with van der Waals surface area (Å²) in [5.41, 5.74) is 3.53. The number of benzene rings is 1. The molecule has 0 unspecified atom stereocenters. The number of hydrogen-bond donors (Lipinski definition) is 2. The van der Waals surface area contributed by atoms with Crippen molar-refractivity contribution in [2.45, 2.75) is 32.2 Å². The fourth-order valence-electron chi connectivity index (χ4n) is 4.53. The Hall–Kier alpha value is -3.81. The summed E-state index contributed by atoms with van der Waals surface area (Å²) in [6, 6.07) is 13.2. The fraction of sp³-hybridized carbons (Fsp3) is 0.320. The Kier molecular flexibility index (Phi) is 5.73. The quantitative estimate of drug-likeness (QED) is 0.430. The fourth-order valence-corrected chi connectivity index (χ4v) is 4.53. The van der Waals surface area contributed by atoms with Gasteiger partial charge in [0.15, 0.2) is 5.58 Å². The number of oxazole rings is 1. The van der Waals surface area contributed by atoms with Crippen LogP contribution in [0.15, 0.2) is 63.8 Å². The van der Waals surface area contributed by atoms with E-state index in [4.69, 9.17) is 13.9 Å². The second-order valence-electron chi connectivity index (χ2n) is 8.56. The molecule has 170 valence electrons. The molecular weight excluding hydrogens is 422 g/mol. The monoisotopic (exact) mass is 447 g/mol. The minimum atomic E-state index is -0.721. The van der Waals surface area contributed by atoms with Gasteiger partial charge in [-0.1, -0.05) is 18.2 Å². The summed E-state index contributed by atoms with van der Waals surface area (Å²) in [6.07, 6.45) is 6.15. The molecule has 1 aliphatic rings. The van der Waals surface area contributed by atoms with E-state index in [-0.39, 0.29) is 11.8 Å². The van der Waals surface area contributed by atoms with Crippen LogP contribution in [0.5, 0.6) is 0 Å². The molecule has 5 rings (SSSR count). The Morgan fingerprint density at radius 3 is 2.64 bits per heavy atom. The number of amides is 1. The Morgan fingerprint density at radius 1 is 1.09 bits per heavy atom. The standard InChI is InChI=1S/C25H25N3O5/c29-23(26-13-16-6-8-18(9-7-16)25(30)31)21-12-22-20(10-11-32-22)28(21)14-19-15-33-24(27-19)17-4-2-1-3-5-17/h1-5,10-12,15-16,18H,6-9,13-14H2,(H,26,29)(H,30,31). The second kappa shape index (κ2) is 8.97. The van der Waals surface area contributed by atoms with Crippen molar-refractivity contribution in [3.63, 3.8) is 0 Å². The lowest BCUT2D eigenvalue weighted by Gasteiger charge is -2.26. The molecule has 0 radical (unpaired) electrons. The van der Waals surface area contributed by atoms with Gasteiger partial charge in [-0.3, -0.25) is 9.59 Å². The van der Waals surface area contributed by atoms with Crippen molar-refractivity contribution in [3.05, 3.63) is 66.4 Å². The van der Waals surface area contributed by atoms with E-state index < -0.39 is 5.97 Å². The number of hydrogen-bond acceptors (Lipinski definition) is 5. The van der Waals surface area contributed by atoms with E-state index >= 15 is 0 Å². The second-order valence-corrected chi connectivity index (χ2v) is 8.56. The van der Waals surface area contributed by atoms with Crippen molar-refractivity contribution in [1.29, 1.82) is 0 Å². The Morgan fingerprint density at radius 2 is 1.88 bits per heavy atom. The molecule has 0 aliphatic heterocycles. The van der Waals surface area contributed by atoms with E-state index in [2.05, 4.69) is 10.3 Å². The molecule has 3 aromatic heterocycles. The maximum Gasteiger partial charge on any atom is 0.306 e. The third-order valence-electron chi connectivity index (χ3n) is 6.40. The third-order valence-corrected chi connectivity index (χ3v) is 6.40. The molecule has 0 saturated heterocycles. The SMILES string of the molecule is O=C(NCC1CCC(C(=O)O)CC1)c1cc2occc2n1Cc1coc(-c2ccccc2)n1. The van der Waals surface area contributed by atoms with Crippen molar-refractivity contribution < 1.29 is 23.5 Å². The molecule has 0 spiro atoms. The summed E-state index contributed by atoms with van der Waals surface area (Å²) in [7, 11) is 0. The van der Waals surface area contributed by atoms with Crippen LogP contribution < -0.4 is 5.32 Å². The molecule has 8 nitrogen and oxygen atoms in total. The van der Waals surface area contributed by atoms with E-state index in [1.165, 1.54) is 0 Å². The van der Waals surface area contributed by atoms with Gasteiger partial charge in [-0.25, -0.2) is 4.98 Å². The predicted molar refractivity (Wildman–Crippen MR) is 121 cm³/mol. The maximum absolute atomic E-state index is 13.1. The van der Waals surface area contributed by atoms with Crippen LogP contribution in [0, 0.1) is 11.8 Å². The van der Waals surface area contributed by atoms with Crippen LogP contribution in [0.3, 0.4) is 0 Å². The molecule has 4 aromatic rings. The lowest BCUT2D eigenvalue weighted by molar-refractivity contribution is -0.143. The molecule has 1 amide bonds. The van der Waals surface area contributed by atoms with Gasteiger partial charge in [-0.05, 0) is 43.7 Å². The summed E-state index contributed by atoms with van der Waals surface area (Å²) in [4.78, 5) is 28.8. The van der Waals surface area contributed by atoms with Crippen LogP contribution in [0.25, 0.3) is 22.6 Å². The van der Waals surface area contributed by atoms with Gasteiger partial charge in [0, 0.05) is 24.2 Å². The number of nitrogens with one attached hydrogen (secondary N) is 1. The highest BCUT2D eigenvalue weighted by atomic mass is 16.4. The lowest BCUT2D eigenvalue weighted by atomic mass is 9.82. The Labute approximate surface area is 190 Å². The van der Waals surface area contributed by atoms with Crippen LogP contribution in [0.4, 0.5) is 0 Å². The highest BCUT2D eigenvalue weighted by molar-refractivity contribution is 5.97. The van der Waals surface area contributed by atoms with Crippen LogP contribution in [0.1, 0.15) is 41.9 Å². The number of aromatic nitrogens is 2. The molecule has 3 heterocycles. The van der Waals surface area contributed by atoms with E-state index in [0.717, 1.165) is 23.9 Å². The number of carbonyl (C=O) groups is 2. The Bertz CT molecular complexity index is 1260. The molecular formula is C25H25N3O5. The summed E-state index contributed by atoms with van der Waals surface area (Å²) in [5, 5.41) is 12.2. The Balaban J connectivity index is 1.30. The van der Waals surface area contributed by atoms with Crippen LogP contribution in [-0.2, 0) is 11.3 Å². The number of carboxylic acid groups (broad SMARTS) is 1. The minimum absolute atomic E-state index is 0.187. The number of furan rings is 1. The van der Waals surface area contributed by atoms with Gasteiger partial charge in [0.2, 0.25) is 5.89 Å². The van der Waals surface area contributed by atoms with Gasteiger partial charge in [0.05, 0.1) is 29.9 Å². The lowest BCUT2D eigenvalue weighted by Crippen LogP contribution is -2.33. The topological polar surface area (TPSA) is 110 Å². The molecule has 1 fully saturated rings. The van der Waals surface area contributed by atoms with Gasteiger partial charge in [-0.15, -0.1) is 0 Å². The van der Waals surface area contributed by atoms with Crippen molar-refractivity contribution in [3.8, 4) is 11.5 Å². The summed E-state index contributed by atoms with van der Waals surface area (Å²) in [6.45, 7) is 0.895. The molecule has 0 bridgehead atoms. The first-order valence-corrected chi connectivity index (χ1v) is 11.2. The normalized spacial score (nSPS) is 18.4.